The molecule has 6 heteroatoms. The summed E-state index contributed by atoms with van der Waals surface area (Å²) < 4.78 is 0. The second-order valence-corrected chi connectivity index (χ2v) is 8.12. The summed E-state index contributed by atoms with van der Waals surface area (Å²) in [7, 11) is 0. The van der Waals surface area contributed by atoms with Gasteiger partial charge in [0.15, 0.2) is 6.10 Å². The van der Waals surface area contributed by atoms with Crippen LogP contribution < -0.4 is 5.32 Å². The van der Waals surface area contributed by atoms with Crippen LogP contribution in [0.4, 0.5) is 0 Å². The van der Waals surface area contributed by atoms with Crippen LogP contribution in [0.15, 0.2) is 40.9 Å². The lowest BCUT2D eigenvalue weighted by molar-refractivity contribution is 0.0858. The number of oxime groups is 1. The van der Waals surface area contributed by atoms with E-state index in [2.05, 4.69) is 28.0 Å². The predicted molar refractivity (Wildman–Crippen MR) is 101 cm³/mol. The van der Waals surface area contributed by atoms with Gasteiger partial charge in [0.05, 0.1) is 10.7 Å². The second kappa shape index (κ2) is 7.68. The van der Waals surface area contributed by atoms with Crippen LogP contribution in [0.25, 0.3) is 0 Å². The lowest BCUT2D eigenvalue weighted by Gasteiger charge is -2.20. The van der Waals surface area contributed by atoms with Crippen molar-refractivity contribution in [3.8, 4) is 0 Å². The molecule has 2 aliphatic rings. The van der Waals surface area contributed by atoms with Gasteiger partial charge in [-0.2, -0.15) is 0 Å². The molecule has 0 saturated carbocycles. The van der Waals surface area contributed by atoms with Crippen LogP contribution in [0.2, 0.25) is 0 Å². The average molecular weight is 360 g/mol. The van der Waals surface area contributed by atoms with Crippen molar-refractivity contribution in [3.63, 3.8) is 0 Å². The molecule has 0 spiro atoms. The molecule has 1 atom stereocenters. The van der Waals surface area contributed by atoms with Crippen molar-refractivity contribution in [2.45, 2.75) is 37.0 Å². The van der Waals surface area contributed by atoms with Gasteiger partial charge in [-0.25, -0.2) is 4.98 Å². The number of nitrogens with zero attached hydrogens (tertiary/aromatic N) is 2. The Kier molecular flexibility index (Phi) is 5.16. The molecule has 3 heterocycles. The maximum Gasteiger partial charge on any atom is 0.158 e. The molecule has 1 aromatic carbocycles. The molecular weight excluding hydrogens is 338 g/mol. The van der Waals surface area contributed by atoms with Crippen LogP contribution in [0, 0.1) is 0 Å². The van der Waals surface area contributed by atoms with Crippen molar-refractivity contribution < 1.29 is 4.84 Å². The third-order valence-corrected chi connectivity index (χ3v) is 6.53. The molecule has 1 aromatic heterocycles. The molecule has 4 nitrogen and oxygen atoms in total. The number of rotatable bonds is 4. The molecule has 1 saturated heterocycles. The van der Waals surface area contributed by atoms with Gasteiger partial charge in [0.2, 0.25) is 0 Å². The normalized spacial score (nSPS) is 21.5. The summed E-state index contributed by atoms with van der Waals surface area (Å²) in [5.74, 6) is 1.52. The summed E-state index contributed by atoms with van der Waals surface area (Å²) >= 11 is 3.56. The van der Waals surface area contributed by atoms with E-state index in [0.717, 1.165) is 30.3 Å². The van der Waals surface area contributed by atoms with Gasteiger partial charge in [0.1, 0.15) is 5.04 Å². The van der Waals surface area contributed by atoms with E-state index < -0.39 is 0 Å². The van der Waals surface area contributed by atoms with Gasteiger partial charge < -0.3 is 10.2 Å². The maximum atomic E-state index is 5.58. The molecule has 0 aliphatic carbocycles. The molecule has 0 bridgehead atoms. The number of hydrogen-bond acceptors (Lipinski definition) is 6. The lowest BCUT2D eigenvalue weighted by atomic mass is 9.99. The smallest absolute Gasteiger partial charge is 0.158 e. The lowest BCUT2D eigenvalue weighted by Crippen LogP contribution is -2.26. The highest BCUT2D eigenvalue weighted by atomic mass is 32.2. The molecule has 1 fully saturated rings. The van der Waals surface area contributed by atoms with Gasteiger partial charge >= 0.3 is 0 Å². The highest BCUT2D eigenvalue weighted by Gasteiger charge is 2.23. The first-order valence-corrected chi connectivity index (χ1v) is 10.3. The van der Waals surface area contributed by atoms with E-state index in [0.29, 0.717) is 5.92 Å². The van der Waals surface area contributed by atoms with E-state index in [1.165, 1.54) is 29.1 Å². The Morgan fingerprint density at radius 2 is 2.04 bits per heavy atom. The van der Waals surface area contributed by atoms with Gasteiger partial charge in [0, 0.05) is 23.5 Å². The Balaban J connectivity index is 1.29. The fourth-order valence-electron chi connectivity index (χ4n) is 3.09. The standard InChI is InChI=1S/C18H21N3OS2/c1-2-4-13(5-3-1)16-10-17(21-22-16)23-11-15-12-24-18(20-15)14-6-8-19-9-7-14/h1-5,12,14,16,19H,6-11H2. The number of hydrogen-bond donors (Lipinski definition) is 1. The van der Waals surface area contributed by atoms with Gasteiger partial charge in [-0.15, -0.1) is 23.1 Å². The third-order valence-electron chi connectivity index (χ3n) is 4.46. The molecular formula is C18H21N3OS2. The van der Waals surface area contributed by atoms with Gasteiger partial charge in [-0.05, 0) is 31.5 Å². The molecule has 126 valence electrons. The number of benzene rings is 1. The van der Waals surface area contributed by atoms with E-state index >= 15 is 0 Å². The zero-order valence-corrected chi connectivity index (χ0v) is 15.1. The highest BCUT2D eigenvalue weighted by Crippen LogP contribution is 2.33. The van der Waals surface area contributed by atoms with E-state index in [4.69, 9.17) is 9.82 Å². The minimum absolute atomic E-state index is 0.0643. The van der Waals surface area contributed by atoms with Crippen LogP contribution >= 0.6 is 23.1 Å². The van der Waals surface area contributed by atoms with Crippen molar-refractivity contribution in [1.82, 2.24) is 10.3 Å². The summed E-state index contributed by atoms with van der Waals surface area (Å²) in [4.78, 5) is 10.4. The molecule has 24 heavy (non-hydrogen) atoms. The number of aromatic nitrogens is 1. The first-order valence-electron chi connectivity index (χ1n) is 8.44. The average Bonchev–Trinajstić information content (AvgIpc) is 3.31. The van der Waals surface area contributed by atoms with Crippen LogP contribution in [0.3, 0.4) is 0 Å². The van der Waals surface area contributed by atoms with Crippen LogP contribution in [-0.4, -0.2) is 23.1 Å². The van der Waals surface area contributed by atoms with E-state index in [1.54, 1.807) is 11.8 Å². The Morgan fingerprint density at radius 1 is 1.21 bits per heavy atom. The fraction of sp³-hybridized carbons (Fsp3) is 0.444. The van der Waals surface area contributed by atoms with Crippen molar-refractivity contribution in [2.24, 2.45) is 5.16 Å². The molecule has 0 amide bonds. The monoisotopic (exact) mass is 359 g/mol. The van der Waals surface area contributed by atoms with Crippen LogP contribution in [-0.2, 0) is 10.6 Å². The molecule has 2 aromatic rings. The first-order chi connectivity index (χ1) is 11.9. The minimum Gasteiger partial charge on any atom is -0.387 e. The Morgan fingerprint density at radius 3 is 2.88 bits per heavy atom. The van der Waals surface area contributed by atoms with Crippen molar-refractivity contribution in [2.75, 3.05) is 13.1 Å². The fourth-order valence-corrected chi connectivity index (χ4v) is 5.01. The Labute approximate surface area is 150 Å². The molecule has 4 rings (SSSR count). The highest BCUT2D eigenvalue weighted by molar-refractivity contribution is 8.13. The maximum absolute atomic E-state index is 5.58. The topological polar surface area (TPSA) is 46.5 Å². The Bertz CT molecular complexity index is 695. The zero-order valence-electron chi connectivity index (χ0n) is 13.5. The Hall–Kier alpha value is -1.37. The summed E-state index contributed by atoms with van der Waals surface area (Å²) in [5.41, 5.74) is 2.36. The minimum atomic E-state index is 0.0643. The predicted octanol–water partition coefficient (Wildman–Crippen LogP) is 4.32. The molecule has 1 N–H and O–H groups in total. The van der Waals surface area contributed by atoms with Crippen molar-refractivity contribution >= 4 is 28.1 Å². The number of thiazole rings is 1. The largest absolute Gasteiger partial charge is 0.387 e. The van der Waals surface area contributed by atoms with Crippen molar-refractivity contribution in [3.05, 3.63) is 52.0 Å². The van der Waals surface area contributed by atoms with Crippen molar-refractivity contribution in [1.29, 1.82) is 0 Å². The second-order valence-electron chi connectivity index (χ2n) is 6.18. The van der Waals surface area contributed by atoms with E-state index in [1.807, 2.05) is 29.5 Å². The van der Waals surface area contributed by atoms with Gasteiger partial charge in [-0.3, -0.25) is 0 Å². The summed E-state index contributed by atoms with van der Waals surface area (Å²) in [6, 6.07) is 10.3. The number of thioether (sulfide) groups is 1. The zero-order chi connectivity index (χ0) is 16.2. The molecule has 1 unspecified atom stereocenters. The van der Waals surface area contributed by atoms with Crippen LogP contribution in [0.5, 0.6) is 0 Å². The quantitative estimate of drug-likeness (QED) is 0.883. The van der Waals surface area contributed by atoms with Gasteiger partial charge in [0.25, 0.3) is 0 Å². The summed E-state index contributed by atoms with van der Waals surface area (Å²) in [6.07, 6.45) is 3.34. The van der Waals surface area contributed by atoms with Crippen LogP contribution in [0.1, 0.15) is 47.5 Å². The summed E-state index contributed by atoms with van der Waals surface area (Å²) in [6.45, 7) is 2.23. The van der Waals surface area contributed by atoms with Gasteiger partial charge in [-0.1, -0.05) is 35.5 Å². The third kappa shape index (κ3) is 3.82. The SMILES string of the molecule is c1ccc(C2CC(SCc3csc(C4CCNCC4)n3)=NO2)cc1. The molecule has 0 radical (unpaired) electrons. The summed E-state index contributed by atoms with van der Waals surface area (Å²) in [5, 5.41) is 12.2. The van der Waals surface area contributed by atoms with E-state index in [9.17, 15) is 0 Å². The first kappa shape index (κ1) is 16.1. The number of piperidine rings is 1. The molecule has 2 aliphatic heterocycles. The number of nitrogens with one attached hydrogen (secondary N) is 1. The van der Waals surface area contributed by atoms with E-state index in [-0.39, 0.29) is 6.10 Å².